The van der Waals surface area contributed by atoms with Crippen molar-refractivity contribution in [2.45, 2.75) is 38.7 Å². The third kappa shape index (κ3) is 4.80. The molecule has 2 N–H and O–H groups in total. The highest BCUT2D eigenvalue weighted by Gasteiger charge is 2.32. The fraction of sp³-hybridized carbons (Fsp3) is 0.769. The zero-order chi connectivity index (χ0) is 15.1. The maximum Gasteiger partial charge on any atom is 0.326 e. The van der Waals surface area contributed by atoms with Gasteiger partial charge in [0, 0.05) is 26.6 Å². The number of amides is 4. The van der Waals surface area contributed by atoms with E-state index in [0.717, 1.165) is 0 Å². The summed E-state index contributed by atoms with van der Waals surface area (Å²) in [6, 6.07) is -0.304. The van der Waals surface area contributed by atoms with Crippen LogP contribution in [0.3, 0.4) is 0 Å². The molecule has 0 spiro atoms. The van der Waals surface area contributed by atoms with Crippen molar-refractivity contribution < 1.29 is 19.5 Å². The highest BCUT2D eigenvalue weighted by molar-refractivity contribution is 6.01. The lowest BCUT2D eigenvalue weighted by molar-refractivity contribution is -0.126. The molecule has 0 aromatic rings. The number of aliphatic hydroxyl groups is 1. The molecule has 1 heterocycles. The van der Waals surface area contributed by atoms with Crippen LogP contribution in [0.2, 0.25) is 0 Å². The lowest BCUT2D eigenvalue weighted by Gasteiger charge is -2.14. The van der Waals surface area contributed by atoms with Crippen LogP contribution < -0.4 is 5.32 Å². The molecule has 0 bridgehead atoms. The molecule has 1 saturated heterocycles. The van der Waals surface area contributed by atoms with E-state index < -0.39 is 0 Å². The van der Waals surface area contributed by atoms with Gasteiger partial charge in [0.05, 0.1) is 6.10 Å². The van der Waals surface area contributed by atoms with Gasteiger partial charge in [-0.15, -0.1) is 0 Å². The smallest absolute Gasteiger partial charge is 0.326 e. The number of urea groups is 1. The summed E-state index contributed by atoms with van der Waals surface area (Å²) in [5.74, 6) is -0.343. The van der Waals surface area contributed by atoms with Gasteiger partial charge in [-0.25, -0.2) is 4.79 Å². The first-order valence-electron chi connectivity index (χ1n) is 6.96. The molecule has 1 unspecified atom stereocenters. The Hall–Kier alpha value is -1.63. The molecule has 1 atom stereocenters. The van der Waals surface area contributed by atoms with E-state index in [4.69, 9.17) is 0 Å². The summed E-state index contributed by atoms with van der Waals surface area (Å²) in [4.78, 5) is 37.1. The van der Waals surface area contributed by atoms with Crippen LogP contribution in [0.4, 0.5) is 4.79 Å². The van der Waals surface area contributed by atoms with E-state index >= 15 is 0 Å². The standard InChI is InChI=1S/C13H23N3O4/c1-3-10(17)6-7-14-11(18)5-4-8-16-12(19)9-15(2)13(16)20/h10,17H,3-9H2,1-2H3,(H,14,18). The molecule has 1 rings (SSSR count). The van der Waals surface area contributed by atoms with Crippen LogP contribution in [0.1, 0.15) is 32.6 Å². The molecule has 0 aromatic carbocycles. The van der Waals surface area contributed by atoms with Crippen molar-refractivity contribution in [2.24, 2.45) is 0 Å². The normalized spacial score (nSPS) is 16.8. The van der Waals surface area contributed by atoms with E-state index in [9.17, 15) is 19.5 Å². The van der Waals surface area contributed by atoms with E-state index in [0.29, 0.717) is 25.8 Å². The maximum absolute atomic E-state index is 11.6. The minimum absolute atomic E-state index is 0.111. The molecule has 1 aliphatic heterocycles. The highest BCUT2D eigenvalue weighted by Crippen LogP contribution is 2.09. The van der Waals surface area contributed by atoms with E-state index in [1.807, 2.05) is 6.92 Å². The molecule has 7 heteroatoms. The largest absolute Gasteiger partial charge is 0.393 e. The van der Waals surface area contributed by atoms with Gasteiger partial charge in [0.25, 0.3) is 0 Å². The Labute approximate surface area is 118 Å². The first-order chi connectivity index (χ1) is 9.45. The summed E-state index contributed by atoms with van der Waals surface area (Å²) in [7, 11) is 1.58. The SMILES string of the molecule is CCC(O)CCNC(=O)CCCN1C(=O)CN(C)C1=O. The van der Waals surface area contributed by atoms with Crippen LogP contribution >= 0.6 is 0 Å². The summed E-state index contributed by atoms with van der Waals surface area (Å²) in [5.41, 5.74) is 0. The fourth-order valence-corrected chi connectivity index (χ4v) is 1.96. The first kappa shape index (κ1) is 16.4. The highest BCUT2D eigenvalue weighted by atomic mass is 16.3. The lowest BCUT2D eigenvalue weighted by Crippen LogP contribution is -2.33. The van der Waals surface area contributed by atoms with Crippen LogP contribution in [0.15, 0.2) is 0 Å². The maximum atomic E-state index is 11.6. The number of carbonyl (C=O) groups is 3. The number of carbonyl (C=O) groups excluding carboxylic acids is 3. The van der Waals surface area contributed by atoms with Gasteiger partial charge in [0.2, 0.25) is 11.8 Å². The number of aliphatic hydroxyl groups excluding tert-OH is 1. The third-order valence-corrected chi connectivity index (χ3v) is 3.29. The fourth-order valence-electron chi connectivity index (χ4n) is 1.96. The van der Waals surface area contributed by atoms with Gasteiger partial charge < -0.3 is 15.3 Å². The Balaban J connectivity index is 2.16. The zero-order valence-corrected chi connectivity index (χ0v) is 12.1. The molecule has 20 heavy (non-hydrogen) atoms. The Morgan fingerprint density at radius 3 is 2.70 bits per heavy atom. The summed E-state index contributed by atoms with van der Waals surface area (Å²) in [5, 5.41) is 12.0. The van der Waals surface area contributed by atoms with Crippen molar-refractivity contribution in [3.63, 3.8) is 0 Å². The van der Waals surface area contributed by atoms with E-state index in [-0.39, 0.29) is 43.5 Å². The number of imide groups is 1. The van der Waals surface area contributed by atoms with Crippen molar-refractivity contribution >= 4 is 17.8 Å². The van der Waals surface area contributed by atoms with Crippen molar-refractivity contribution in [2.75, 3.05) is 26.7 Å². The number of rotatable bonds is 8. The molecule has 7 nitrogen and oxygen atoms in total. The predicted octanol–water partition coefficient (Wildman–Crippen LogP) is -0.0622. The second-order valence-corrected chi connectivity index (χ2v) is 4.99. The van der Waals surface area contributed by atoms with Crippen LogP contribution in [0.25, 0.3) is 0 Å². The zero-order valence-electron chi connectivity index (χ0n) is 12.1. The Morgan fingerprint density at radius 2 is 2.15 bits per heavy atom. The Kier molecular flexibility index (Phi) is 6.44. The number of hydrogen-bond acceptors (Lipinski definition) is 4. The molecule has 4 amide bonds. The second kappa shape index (κ2) is 7.84. The van der Waals surface area contributed by atoms with Gasteiger partial charge in [0.1, 0.15) is 6.54 Å². The minimum Gasteiger partial charge on any atom is -0.393 e. The van der Waals surface area contributed by atoms with Gasteiger partial charge >= 0.3 is 6.03 Å². The predicted molar refractivity (Wildman–Crippen MR) is 72.9 cm³/mol. The second-order valence-electron chi connectivity index (χ2n) is 4.99. The van der Waals surface area contributed by atoms with Gasteiger partial charge in [-0.05, 0) is 19.3 Å². The number of hydrogen-bond donors (Lipinski definition) is 2. The van der Waals surface area contributed by atoms with Crippen LogP contribution in [-0.2, 0) is 9.59 Å². The van der Waals surface area contributed by atoms with E-state index in [2.05, 4.69) is 5.32 Å². The molecule has 1 fully saturated rings. The average molecular weight is 285 g/mol. The third-order valence-electron chi connectivity index (χ3n) is 3.29. The van der Waals surface area contributed by atoms with E-state index in [1.165, 1.54) is 9.80 Å². The summed E-state index contributed by atoms with van der Waals surface area (Å²) < 4.78 is 0. The van der Waals surface area contributed by atoms with Gasteiger partial charge in [-0.3, -0.25) is 14.5 Å². The monoisotopic (exact) mass is 285 g/mol. The number of likely N-dealkylation sites (N-methyl/N-ethyl adjacent to an activating group) is 1. The number of nitrogens with one attached hydrogen (secondary N) is 1. The molecule has 114 valence electrons. The topological polar surface area (TPSA) is 89.9 Å². The molecule has 0 radical (unpaired) electrons. The van der Waals surface area contributed by atoms with Crippen LogP contribution in [-0.4, -0.2) is 65.5 Å². The molecular formula is C13H23N3O4. The summed E-state index contributed by atoms with van der Waals surface area (Å²) in [6.07, 6.45) is 1.54. The molecule has 0 aromatic heterocycles. The van der Waals surface area contributed by atoms with Crippen molar-refractivity contribution in [3.05, 3.63) is 0 Å². The van der Waals surface area contributed by atoms with Crippen LogP contribution in [0, 0.1) is 0 Å². The molecular weight excluding hydrogens is 262 g/mol. The van der Waals surface area contributed by atoms with Crippen molar-refractivity contribution in [1.82, 2.24) is 15.1 Å². The Bertz CT molecular complexity index is 373. The summed E-state index contributed by atoms with van der Waals surface area (Å²) in [6.45, 7) is 2.71. The Morgan fingerprint density at radius 1 is 1.45 bits per heavy atom. The average Bonchev–Trinajstić information content (AvgIpc) is 2.64. The van der Waals surface area contributed by atoms with Gasteiger partial charge in [0.15, 0.2) is 0 Å². The lowest BCUT2D eigenvalue weighted by atomic mass is 10.2. The quantitative estimate of drug-likeness (QED) is 0.611. The number of nitrogens with zero attached hydrogens (tertiary/aromatic N) is 2. The van der Waals surface area contributed by atoms with Crippen LogP contribution in [0.5, 0.6) is 0 Å². The molecule has 0 aliphatic carbocycles. The molecule has 1 aliphatic rings. The summed E-state index contributed by atoms with van der Waals surface area (Å²) >= 11 is 0. The van der Waals surface area contributed by atoms with Gasteiger partial charge in [-0.2, -0.15) is 0 Å². The molecule has 0 saturated carbocycles. The first-order valence-corrected chi connectivity index (χ1v) is 6.96. The van der Waals surface area contributed by atoms with E-state index in [1.54, 1.807) is 7.05 Å². The van der Waals surface area contributed by atoms with Gasteiger partial charge in [-0.1, -0.05) is 6.92 Å². The minimum atomic E-state index is -0.384. The van der Waals surface area contributed by atoms with Crippen molar-refractivity contribution in [1.29, 1.82) is 0 Å². The van der Waals surface area contributed by atoms with Crippen molar-refractivity contribution in [3.8, 4) is 0 Å².